The normalized spacial score (nSPS) is 22.2. The summed E-state index contributed by atoms with van der Waals surface area (Å²) in [6.45, 7) is 3.13. The average molecular weight is 142 g/mol. The van der Waals surface area contributed by atoms with E-state index in [2.05, 4.69) is 12.2 Å². The molecule has 60 valence electrons. The highest BCUT2D eigenvalue weighted by atomic mass is 14.9. The number of rotatable bonds is 4. The summed E-state index contributed by atoms with van der Waals surface area (Å²) in [5, 5.41) is 3.44. The van der Waals surface area contributed by atoms with Crippen molar-refractivity contribution >= 4 is 0 Å². The zero-order valence-corrected chi connectivity index (χ0v) is 6.77. The Morgan fingerprint density at radius 2 is 2.30 bits per heavy atom. The Hall–Kier alpha value is -0.0800. The number of nitrogens with one attached hydrogen (secondary N) is 1. The molecule has 0 aromatic rings. The highest BCUT2D eigenvalue weighted by Gasteiger charge is 2.16. The van der Waals surface area contributed by atoms with Gasteiger partial charge in [0.25, 0.3) is 0 Å². The van der Waals surface area contributed by atoms with Crippen molar-refractivity contribution in [1.82, 2.24) is 5.32 Å². The first-order valence-electron chi connectivity index (χ1n) is 4.32. The molecule has 1 fully saturated rings. The Morgan fingerprint density at radius 3 is 2.70 bits per heavy atom. The molecule has 2 heteroatoms. The number of hydrogen-bond acceptors (Lipinski definition) is 2. The van der Waals surface area contributed by atoms with Gasteiger partial charge >= 0.3 is 0 Å². The molecule has 0 amide bonds. The summed E-state index contributed by atoms with van der Waals surface area (Å²) in [4.78, 5) is 0. The molecular weight excluding hydrogens is 124 g/mol. The van der Waals surface area contributed by atoms with Gasteiger partial charge in [0.05, 0.1) is 0 Å². The molecule has 1 saturated carbocycles. The molecule has 3 N–H and O–H groups in total. The lowest BCUT2D eigenvalue weighted by Gasteiger charge is -2.27. The van der Waals surface area contributed by atoms with Gasteiger partial charge in [0.2, 0.25) is 0 Å². The second kappa shape index (κ2) is 3.94. The Balaban J connectivity index is 1.93. The van der Waals surface area contributed by atoms with E-state index in [1.165, 1.54) is 19.3 Å². The van der Waals surface area contributed by atoms with Crippen LogP contribution in [0.15, 0.2) is 0 Å². The highest BCUT2D eigenvalue weighted by Crippen LogP contribution is 2.17. The van der Waals surface area contributed by atoms with Crippen LogP contribution in [0, 0.1) is 0 Å². The van der Waals surface area contributed by atoms with Crippen molar-refractivity contribution in [3.05, 3.63) is 0 Å². The maximum atomic E-state index is 5.74. The zero-order chi connectivity index (χ0) is 7.40. The monoisotopic (exact) mass is 142 g/mol. The fourth-order valence-corrected chi connectivity index (χ4v) is 1.07. The molecule has 2 nitrogen and oxygen atoms in total. The fraction of sp³-hybridized carbons (Fsp3) is 1.00. The van der Waals surface area contributed by atoms with Crippen LogP contribution in [-0.4, -0.2) is 18.6 Å². The maximum absolute atomic E-state index is 5.74. The van der Waals surface area contributed by atoms with Gasteiger partial charge < -0.3 is 11.1 Å². The van der Waals surface area contributed by atoms with Crippen LogP contribution < -0.4 is 11.1 Å². The first kappa shape index (κ1) is 8.02. The standard InChI is InChI=1S/C8H18N2/c1-2-7(9)6-10-8-4-3-5-8/h7-8,10H,2-6,9H2,1H3. The predicted octanol–water partition coefficient (Wildman–Crippen LogP) is 0.866. The SMILES string of the molecule is CCC(N)CNC1CCC1. The van der Waals surface area contributed by atoms with Crippen LogP contribution in [0.25, 0.3) is 0 Å². The van der Waals surface area contributed by atoms with Crippen LogP contribution >= 0.6 is 0 Å². The summed E-state index contributed by atoms with van der Waals surface area (Å²) >= 11 is 0. The van der Waals surface area contributed by atoms with E-state index < -0.39 is 0 Å². The van der Waals surface area contributed by atoms with Crippen molar-refractivity contribution in [2.24, 2.45) is 5.73 Å². The fourth-order valence-electron chi connectivity index (χ4n) is 1.07. The van der Waals surface area contributed by atoms with Crippen molar-refractivity contribution in [1.29, 1.82) is 0 Å². The Kier molecular flexibility index (Phi) is 3.16. The van der Waals surface area contributed by atoms with Crippen LogP contribution in [0.4, 0.5) is 0 Å². The Labute approximate surface area is 63.2 Å². The lowest BCUT2D eigenvalue weighted by molar-refractivity contribution is 0.330. The molecule has 0 radical (unpaired) electrons. The molecule has 10 heavy (non-hydrogen) atoms. The summed E-state index contributed by atoms with van der Waals surface area (Å²) in [5.74, 6) is 0. The van der Waals surface area contributed by atoms with E-state index in [4.69, 9.17) is 5.73 Å². The molecule has 1 aliphatic carbocycles. The third-order valence-corrected chi connectivity index (χ3v) is 2.30. The van der Waals surface area contributed by atoms with Gasteiger partial charge in [-0.05, 0) is 19.3 Å². The first-order chi connectivity index (χ1) is 4.83. The third-order valence-electron chi connectivity index (χ3n) is 2.30. The van der Waals surface area contributed by atoms with E-state index in [-0.39, 0.29) is 0 Å². The molecule has 0 aromatic heterocycles. The summed E-state index contributed by atoms with van der Waals surface area (Å²) in [6, 6.07) is 1.15. The van der Waals surface area contributed by atoms with Gasteiger partial charge in [-0.15, -0.1) is 0 Å². The van der Waals surface area contributed by atoms with Crippen LogP contribution in [0.2, 0.25) is 0 Å². The molecular formula is C8H18N2. The quantitative estimate of drug-likeness (QED) is 0.611. The van der Waals surface area contributed by atoms with E-state index in [1.54, 1.807) is 0 Å². The largest absolute Gasteiger partial charge is 0.327 e. The minimum Gasteiger partial charge on any atom is -0.327 e. The molecule has 0 bridgehead atoms. The van der Waals surface area contributed by atoms with Crippen molar-refractivity contribution in [3.63, 3.8) is 0 Å². The van der Waals surface area contributed by atoms with Gasteiger partial charge in [0, 0.05) is 18.6 Å². The predicted molar refractivity (Wildman–Crippen MR) is 43.9 cm³/mol. The highest BCUT2D eigenvalue weighted by molar-refractivity contribution is 4.77. The minimum atomic E-state index is 0.362. The second-order valence-electron chi connectivity index (χ2n) is 3.20. The Bertz CT molecular complexity index is 84.5. The van der Waals surface area contributed by atoms with Gasteiger partial charge in [-0.3, -0.25) is 0 Å². The van der Waals surface area contributed by atoms with Gasteiger partial charge in [0.1, 0.15) is 0 Å². The van der Waals surface area contributed by atoms with Crippen LogP contribution in [0.5, 0.6) is 0 Å². The summed E-state index contributed by atoms with van der Waals surface area (Å²) in [7, 11) is 0. The molecule has 1 unspecified atom stereocenters. The van der Waals surface area contributed by atoms with Gasteiger partial charge in [-0.1, -0.05) is 13.3 Å². The van der Waals surface area contributed by atoms with Crippen molar-refractivity contribution in [2.45, 2.75) is 44.7 Å². The van der Waals surface area contributed by atoms with Gasteiger partial charge in [0.15, 0.2) is 0 Å². The molecule has 0 heterocycles. The Morgan fingerprint density at radius 1 is 1.60 bits per heavy atom. The summed E-state index contributed by atoms with van der Waals surface area (Å²) < 4.78 is 0. The number of nitrogens with two attached hydrogens (primary N) is 1. The van der Waals surface area contributed by atoms with E-state index in [1.807, 2.05) is 0 Å². The van der Waals surface area contributed by atoms with E-state index >= 15 is 0 Å². The summed E-state index contributed by atoms with van der Waals surface area (Å²) in [5.41, 5.74) is 5.74. The molecule has 1 atom stereocenters. The molecule has 0 saturated heterocycles. The summed E-state index contributed by atoms with van der Waals surface area (Å²) in [6.07, 6.45) is 5.20. The van der Waals surface area contributed by atoms with Gasteiger partial charge in [-0.25, -0.2) is 0 Å². The maximum Gasteiger partial charge on any atom is 0.0162 e. The molecule has 0 spiro atoms. The average Bonchev–Trinajstić information content (AvgIpc) is 1.84. The minimum absolute atomic E-state index is 0.362. The molecule has 0 aromatic carbocycles. The number of hydrogen-bond donors (Lipinski definition) is 2. The zero-order valence-electron chi connectivity index (χ0n) is 6.77. The third kappa shape index (κ3) is 2.27. The second-order valence-corrected chi connectivity index (χ2v) is 3.20. The lowest BCUT2D eigenvalue weighted by atomic mass is 9.93. The first-order valence-corrected chi connectivity index (χ1v) is 4.32. The van der Waals surface area contributed by atoms with Gasteiger partial charge in [-0.2, -0.15) is 0 Å². The van der Waals surface area contributed by atoms with E-state index in [0.29, 0.717) is 6.04 Å². The lowest BCUT2D eigenvalue weighted by Crippen LogP contribution is -2.42. The molecule has 1 aliphatic rings. The smallest absolute Gasteiger partial charge is 0.0162 e. The van der Waals surface area contributed by atoms with Crippen LogP contribution in [0.3, 0.4) is 0 Å². The molecule has 0 aliphatic heterocycles. The topological polar surface area (TPSA) is 38.0 Å². The van der Waals surface area contributed by atoms with Crippen LogP contribution in [0.1, 0.15) is 32.6 Å². The van der Waals surface area contributed by atoms with Crippen molar-refractivity contribution < 1.29 is 0 Å². The van der Waals surface area contributed by atoms with Crippen molar-refractivity contribution in [2.75, 3.05) is 6.54 Å². The van der Waals surface area contributed by atoms with Crippen LogP contribution in [-0.2, 0) is 0 Å². The van der Waals surface area contributed by atoms with E-state index in [9.17, 15) is 0 Å². The molecule has 1 rings (SSSR count). The van der Waals surface area contributed by atoms with Crippen molar-refractivity contribution in [3.8, 4) is 0 Å². The van der Waals surface area contributed by atoms with E-state index in [0.717, 1.165) is 19.0 Å².